The zero-order chi connectivity index (χ0) is 21.6. The minimum Gasteiger partial charge on any atom is -0.491 e. The van der Waals surface area contributed by atoms with E-state index in [0.29, 0.717) is 40.4 Å². The summed E-state index contributed by atoms with van der Waals surface area (Å²) >= 11 is 6.20. The number of benzene rings is 1. The number of alkyl carbamates (subject to hydrolysis) is 1. The smallest absolute Gasteiger partial charge is 0.407 e. The highest BCUT2D eigenvalue weighted by atomic mass is 35.5. The van der Waals surface area contributed by atoms with E-state index in [-0.39, 0.29) is 12.1 Å². The zero-order valence-corrected chi connectivity index (χ0v) is 18.7. The number of unbranched alkanes of at least 4 members (excludes halogenated alkanes) is 1. The van der Waals surface area contributed by atoms with Crippen molar-refractivity contribution in [3.8, 4) is 5.75 Å². The predicted octanol–water partition coefficient (Wildman–Crippen LogP) is 5.27. The molecule has 0 atom stereocenters. The second-order valence-electron chi connectivity index (χ2n) is 7.98. The Bertz CT molecular complexity index is 916. The molecule has 0 aliphatic carbocycles. The van der Waals surface area contributed by atoms with Crippen LogP contribution < -0.4 is 15.6 Å². The van der Waals surface area contributed by atoms with Crippen molar-refractivity contribution in [2.75, 3.05) is 6.61 Å². The van der Waals surface area contributed by atoms with Gasteiger partial charge < -0.3 is 19.4 Å². The van der Waals surface area contributed by atoms with E-state index in [1.54, 1.807) is 43.5 Å². The van der Waals surface area contributed by atoms with E-state index in [1.165, 1.54) is 0 Å². The van der Waals surface area contributed by atoms with Crippen LogP contribution in [0.15, 0.2) is 23.0 Å². The molecule has 29 heavy (non-hydrogen) atoms. The minimum atomic E-state index is -0.607. The first-order chi connectivity index (χ1) is 13.7. The molecule has 2 aromatic rings. The van der Waals surface area contributed by atoms with Crippen LogP contribution in [0.25, 0.3) is 10.8 Å². The largest absolute Gasteiger partial charge is 0.491 e. The molecular weight excluding hydrogens is 392 g/mol. The van der Waals surface area contributed by atoms with Crippen LogP contribution >= 0.6 is 11.6 Å². The third-order valence-electron chi connectivity index (χ3n) is 4.28. The van der Waals surface area contributed by atoms with Crippen molar-refractivity contribution >= 4 is 28.5 Å². The number of ether oxygens (including phenoxy) is 2. The van der Waals surface area contributed by atoms with E-state index < -0.39 is 11.7 Å². The minimum absolute atomic E-state index is 0.119. The SMILES string of the molecule is CCCCOc1c(CNC(=O)OC(C)(C)C)n(CCC)c(=O)c2ccc(Cl)cc12. The van der Waals surface area contributed by atoms with Gasteiger partial charge in [0, 0.05) is 17.0 Å². The Hall–Kier alpha value is -2.21. The van der Waals surface area contributed by atoms with E-state index in [9.17, 15) is 9.59 Å². The number of hydrogen-bond acceptors (Lipinski definition) is 4. The number of rotatable bonds is 8. The summed E-state index contributed by atoms with van der Waals surface area (Å²) in [4.78, 5) is 25.3. The van der Waals surface area contributed by atoms with Gasteiger partial charge in [0.1, 0.15) is 11.4 Å². The molecule has 1 amide bonds. The highest BCUT2D eigenvalue weighted by Gasteiger charge is 2.21. The number of carbonyl (C=O) groups is 1. The maximum absolute atomic E-state index is 13.1. The summed E-state index contributed by atoms with van der Waals surface area (Å²) in [6.07, 6.45) is 2.10. The highest BCUT2D eigenvalue weighted by Crippen LogP contribution is 2.30. The van der Waals surface area contributed by atoms with E-state index >= 15 is 0 Å². The standard InChI is InChI=1S/C22H31ClN2O4/c1-6-8-12-28-19-17-13-15(23)9-10-16(17)20(26)25(11-7-2)18(19)14-24-21(27)29-22(3,4)5/h9-10,13H,6-8,11-12,14H2,1-5H3,(H,24,27). The molecule has 1 aromatic heterocycles. The Morgan fingerprint density at radius 2 is 1.90 bits per heavy atom. The number of halogens is 1. The number of carbonyl (C=O) groups excluding carboxylic acids is 1. The lowest BCUT2D eigenvalue weighted by Crippen LogP contribution is -2.34. The third kappa shape index (κ3) is 6.13. The van der Waals surface area contributed by atoms with Crippen molar-refractivity contribution in [3.63, 3.8) is 0 Å². The van der Waals surface area contributed by atoms with Crippen LogP contribution in [-0.4, -0.2) is 22.9 Å². The Morgan fingerprint density at radius 1 is 1.17 bits per heavy atom. The molecular formula is C22H31ClN2O4. The molecule has 6 nitrogen and oxygen atoms in total. The number of hydrogen-bond donors (Lipinski definition) is 1. The van der Waals surface area contributed by atoms with Crippen molar-refractivity contribution in [2.24, 2.45) is 0 Å². The second kappa shape index (κ2) is 10.0. The number of amides is 1. The molecule has 0 spiro atoms. The Labute approximate surface area is 177 Å². The molecule has 0 fully saturated rings. The van der Waals surface area contributed by atoms with E-state index in [4.69, 9.17) is 21.1 Å². The lowest BCUT2D eigenvalue weighted by molar-refractivity contribution is 0.0522. The van der Waals surface area contributed by atoms with Crippen molar-refractivity contribution in [3.05, 3.63) is 39.3 Å². The Balaban J connectivity index is 2.55. The van der Waals surface area contributed by atoms with Crippen molar-refractivity contribution in [1.82, 2.24) is 9.88 Å². The summed E-state index contributed by atoms with van der Waals surface area (Å²) in [5.41, 5.74) is -0.110. The van der Waals surface area contributed by atoms with Gasteiger partial charge in [-0.2, -0.15) is 0 Å². The molecule has 2 rings (SSSR count). The fraction of sp³-hybridized carbons (Fsp3) is 0.545. The molecule has 1 heterocycles. The van der Waals surface area contributed by atoms with Crippen LogP contribution in [-0.2, 0) is 17.8 Å². The average Bonchev–Trinajstić information content (AvgIpc) is 2.63. The van der Waals surface area contributed by atoms with E-state index in [2.05, 4.69) is 12.2 Å². The van der Waals surface area contributed by atoms with Gasteiger partial charge in [-0.05, 0) is 51.8 Å². The number of nitrogens with zero attached hydrogens (tertiary/aromatic N) is 1. The van der Waals surface area contributed by atoms with Crippen molar-refractivity contribution < 1.29 is 14.3 Å². The van der Waals surface area contributed by atoms with Crippen LogP contribution in [0.3, 0.4) is 0 Å². The zero-order valence-electron chi connectivity index (χ0n) is 17.9. The summed E-state index contributed by atoms with van der Waals surface area (Å²) in [7, 11) is 0. The number of nitrogens with one attached hydrogen (secondary N) is 1. The van der Waals surface area contributed by atoms with Gasteiger partial charge in [0.15, 0.2) is 0 Å². The van der Waals surface area contributed by atoms with Crippen molar-refractivity contribution in [1.29, 1.82) is 0 Å². The summed E-state index contributed by atoms with van der Waals surface area (Å²) in [5, 5.41) is 4.49. The molecule has 160 valence electrons. The normalized spacial score (nSPS) is 11.5. The lowest BCUT2D eigenvalue weighted by Gasteiger charge is -2.22. The van der Waals surface area contributed by atoms with Gasteiger partial charge in [-0.3, -0.25) is 4.79 Å². The van der Waals surface area contributed by atoms with Gasteiger partial charge in [-0.25, -0.2) is 4.79 Å². The van der Waals surface area contributed by atoms with Gasteiger partial charge in [-0.1, -0.05) is 31.9 Å². The average molecular weight is 423 g/mol. The molecule has 1 N–H and O–H groups in total. The molecule has 0 radical (unpaired) electrons. The monoisotopic (exact) mass is 422 g/mol. The molecule has 0 bridgehead atoms. The fourth-order valence-corrected chi connectivity index (χ4v) is 3.19. The summed E-state index contributed by atoms with van der Waals surface area (Å²) in [6.45, 7) is 10.6. The Kier molecular flexibility index (Phi) is 7.96. The van der Waals surface area contributed by atoms with Crippen LogP contribution in [0, 0.1) is 0 Å². The predicted molar refractivity (Wildman–Crippen MR) is 117 cm³/mol. The van der Waals surface area contributed by atoms with Gasteiger partial charge in [0.25, 0.3) is 5.56 Å². The van der Waals surface area contributed by atoms with E-state index in [1.807, 2.05) is 6.92 Å². The first-order valence-electron chi connectivity index (χ1n) is 10.1. The van der Waals surface area contributed by atoms with Gasteiger partial charge in [0.05, 0.1) is 24.2 Å². The molecule has 0 saturated carbocycles. The molecule has 0 aliphatic heterocycles. The summed E-state index contributed by atoms with van der Waals surface area (Å²) in [5.74, 6) is 0.583. The summed E-state index contributed by atoms with van der Waals surface area (Å²) in [6, 6.07) is 5.17. The topological polar surface area (TPSA) is 69.6 Å². The fourth-order valence-electron chi connectivity index (χ4n) is 3.02. The third-order valence-corrected chi connectivity index (χ3v) is 4.52. The highest BCUT2D eigenvalue weighted by molar-refractivity contribution is 6.31. The maximum atomic E-state index is 13.1. The van der Waals surface area contributed by atoms with Gasteiger partial charge in [-0.15, -0.1) is 0 Å². The van der Waals surface area contributed by atoms with Crippen molar-refractivity contribution in [2.45, 2.75) is 72.6 Å². The number of fused-ring (bicyclic) bond motifs is 1. The molecule has 1 aromatic carbocycles. The Morgan fingerprint density at radius 3 is 2.52 bits per heavy atom. The lowest BCUT2D eigenvalue weighted by atomic mass is 10.1. The van der Waals surface area contributed by atoms with Crippen LogP contribution in [0.5, 0.6) is 5.75 Å². The first-order valence-corrected chi connectivity index (χ1v) is 10.5. The number of aromatic nitrogens is 1. The number of pyridine rings is 1. The van der Waals surface area contributed by atoms with Crippen LogP contribution in [0.2, 0.25) is 5.02 Å². The molecule has 0 saturated heterocycles. The summed E-state index contributed by atoms with van der Waals surface area (Å²) < 4.78 is 13.1. The van der Waals surface area contributed by atoms with Crippen LogP contribution in [0.1, 0.15) is 59.6 Å². The van der Waals surface area contributed by atoms with Gasteiger partial charge in [0.2, 0.25) is 0 Å². The van der Waals surface area contributed by atoms with Gasteiger partial charge >= 0.3 is 6.09 Å². The molecule has 0 aliphatic rings. The van der Waals surface area contributed by atoms with Crippen LogP contribution in [0.4, 0.5) is 4.79 Å². The van der Waals surface area contributed by atoms with E-state index in [0.717, 1.165) is 19.3 Å². The second-order valence-corrected chi connectivity index (χ2v) is 8.42. The quantitative estimate of drug-likeness (QED) is 0.588. The first kappa shape index (κ1) is 23.1. The molecule has 7 heteroatoms. The molecule has 0 unspecified atom stereocenters. The maximum Gasteiger partial charge on any atom is 0.407 e.